The molecule has 0 bridgehead atoms. The molecule has 1 atom stereocenters. The van der Waals surface area contributed by atoms with Crippen molar-refractivity contribution in [3.8, 4) is 5.69 Å². The minimum atomic E-state index is -0.210. The Hall–Kier alpha value is -1.68. The van der Waals surface area contributed by atoms with Crippen molar-refractivity contribution < 1.29 is 4.39 Å². The highest BCUT2D eigenvalue weighted by atomic mass is 19.1. The summed E-state index contributed by atoms with van der Waals surface area (Å²) in [6, 6.07) is 7.22. The van der Waals surface area contributed by atoms with Gasteiger partial charge in [0, 0.05) is 18.9 Å². The molecule has 0 aliphatic carbocycles. The fraction of sp³-hybridized carbons (Fsp3) is 0.308. The van der Waals surface area contributed by atoms with Gasteiger partial charge in [-0.2, -0.15) is 5.10 Å². The van der Waals surface area contributed by atoms with E-state index in [-0.39, 0.29) is 5.82 Å². The maximum absolute atomic E-state index is 14.0. The highest BCUT2D eigenvalue weighted by Gasteiger charge is 2.18. The topological polar surface area (TPSA) is 29.9 Å². The third-order valence-corrected chi connectivity index (χ3v) is 3.25. The van der Waals surface area contributed by atoms with Crippen molar-refractivity contribution in [3.63, 3.8) is 0 Å². The normalized spacial score (nSPS) is 19.7. The van der Waals surface area contributed by atoms with Gasteiger partial charge >= 0.3 is 0 Å². The Morgan fingerprint density at radius 3 is 3.00 bits per heavy atom. The van der Waals surface area contributed by atoms with Crippen LogP contribution in [0.1, 0.15) is 17.9 Å². The zero-order valence-corrected chi connectivity index (χ0v) is 9.44. The lowest BCUT2D eigenvalue weighted by Crippen LogP contribution is -2.08. The van der Waals surface area contributed by atoms with Crippen LogP contribution in [0, 0.1) is 5.82 Å². The lowest BCUT2D eigenvalue weighted by atomic mass is 9.98. The lowest BCUT2D eigenvalue weighted by Gasteiger charge is -2.10. The van der Waals surface area contributed by atoms with Gasteiger partial charge < -0.3 is 5.32 Å². The molecule has 2 aromatic rings. The molecule has 0 amide bonds. The standard InChI is InChI=1S/C13H14FN3/c14-12-8-10(11-4-6-15-9-11)2-3-13(12)17-7-1-5-16-17/h1-3,5,7-8,11,15H,4,6,9H2. The fourth-order valence-corrected chi connectivity index (χ4v) is 2.31. The van der Waals surface area contributed by atoms with Gasteiger partial charge in [-0.1, -0.05) is 6.07 Å². The molecule has 1 N–H and O–H groups in total. The van der Waals surface area contributed by atoms with E-state index in [1.165, 1.54) is 0 Å². The minimum Gasteiger partial charge on any atom is -0.316 e. The van der Waals surface area contributed by atoms with Gasteiger partial charge in [-0.3, -0.25) is 0 Å². The number of rotatable bonds is 2. The predicted molar refractivity (Wildman–Crippen MR) is 63.7 cm³/mol. The summed E-state index contributed by atoms with van der Waals surface area (Å²) in [5.74, 6) is 0.231. The van der Waals surface area contributed by atoms with Crippen molar-refractivity contribution in [2.45, 2.75) is 12.3 Å². The maximum atomic E-state index is 14.0. The summed E-state index contributed by atoms with van der Waals surface area (Å²) in [6.07, 6.45) is 4.48. The maximum Gasteiger partial charge on any atom is 0.149 e. The predicted octanol–water partition coefficient (Wildman–Crippen LogP) is 2.09. The first-order chi connectivity index (χ1) is 8.34. The zero-order chi connectivity index (χ0) is 11.7. The Morgan fingerprint density at radius 1 is 1.41 bits per heavy atom. The van der Waals surface area contributed by atoms with Crippen molar-refractivity contribution in [2.75, 3.05) is 13.1 Å². The van der Waals surface area contributed by atoms with E-state index in [9.17, 15) is 4.39 Å². The molecule has 17 heavy (non-hydrogen) atoms. The molecule has 0 radical (unpaired) electrons. The highest BCUT2D eigenvalue weighted by Crippen LogP contribution is 2.25. The molecule has 4 heteroatoms. The molecule has 1 unspecified atom stereocenters. The molecule has 2 heterocycles. The number of hydrogen-bond acceptors (Lipinski definition) is 2. The molecule has 1 fully saturated rings. The van der Waals surface area contributed by atoms with E-state index in [1.54, 1.807) is 35.3 Å². The van der Waals surface area contributed by atoms with Crippen molar-refractivity contribution in [2.24, 2.45) is 0 Å². The Balaban J connectivity index is 1.94. The molecule has 1 aliphatic heterocycles. The minimum absolute atomic E-state index is 0.210. The van der Waals surface area contributed by atoms with Gasteiger partial charge in [0.2, 0.25) is 0 Å². The molecule has 3 rings (SSSR count). The van der Waals surface area contributed by atoms with Crippen LogP contribution in [0.15, 0.2) is 36.7 Å². The van der Waals surface area contributed by atoms with Crippen molar-refractivity contribution >= 4 is 0 Å². The number of aromatic nitrogens is 2. The summed E-state index contributed by atoms with van der Waals surface area (Å²) in [5.41, 5.74) is 1.58. The second-order valence-corrected chi connectivity index (χ2v) is 4.35. The van der Waals surface area contributed by atoms with Crippen molar-refractivity contribution in [1.29, 1.82) is 0 Å². The first kappa shape index (κ1) is 10.5. The Kier molecular flexibility index (Phi) is 2.65. The molecule has 1 aromatic carbocycles. The van der Waals surface area contributed by atoms with Gasteiger partial charge in [0.15, 0.2) is 0 Å². The van der Waals surface area contributed by atoms with Crippen molar-refractivity contribution in [3.05, 3.63) is 48.0 Å². The summed E-state index contributed by atoms with van der Waals surface area (Å²) >= 11 is 0. The van der Waals surface area contributed by atoms with Gasteiger partial charge in [0.05, 0.1) is 0 Å². The smallest absolute Gasteiger partial charge is 0.149 e. The largest absolute Gasteiger partial charge is 0.316 e. The van der Waals surface area contributed by atoms with E-state index in [4.69, 9.17) is 0 Å². The summed E-state index contributed by atoms with van der Waals surface area (Å²) in [6.45, 7) is 1.97. The van der Waals surface area contributed by atoms with E-state index < -0.39 is 0 Å². The van der Waals surface area contributed by atoms with Crippen LogP contribution in [-0.2, 0) is 0 Å². The van der Waals surface area contributed by atoms with Gasteiger partial charge in [-0.25, -0.2) is 9.07 Å². The van der Waals surface area contributed by atoms with Gasteiger partial charge in [0.1, 0.15) is 11.5 Å². The van der Waals surface area contributed by atoms with E-state index in [0.29, 0.717) is 11.6 Å². The van der Waals surface area contributed by atoms with Crippen LogP contribution >= 0.6 is 0 Å². The van der Waals surface area contributed by atoms with E-state index in [0.717, 1.165) is 25.1 Å². The summed E-state index contributed by atoms with van der Waals surface area (Å²) < 4.78 is 15.5. The fourth-order valence-electron chi connectivity index (χ4n) is 2.31. The van der Waals surface area contributed by atoms with Crippen LogP contribution in [-0.4, -0.2) is 22.9 Å². The third-order valence-electron chi connectivity index (χ3n) is 3.25. The molecule has 3 nitrogen and oxygen atoms in total. The molecule has 1 aromatic heterocycles. The van der Waals surface area contributed by atoms with Crippen LogP contribution in [0.5, 0.6) is 0 Å². The third kappa shape index (κ3) is 1.96. The molecular weight excluding hydrogens is 217 g/mol. The molecule has 88 valence electrons. The molecule has 1 saturated heterocycles. The highest BCUT2D eigenvalue weighted by molar-refractivity contribution is 5.37. The number of hydrogen-bond donors (Lipinski definition) is 1. The van der Waals surface area contributed by atoms with Gasteiger partial charge in [0.25, 0.3) is 0 Å². The average Bonchev–Trinajstić information content (AvgIpc) is 3.02. The second kappa shape index (κ2) is 4.30. The SMILES string of the molecule is Fc1cc(C2CCNC2)ccc1-n1cccn1. The Labute approximate surface area is 99.3 Å². The van der Waals surface area contributed by atoms with Gasteiger partial charge in [-0.15, -0.1) is 0 Å². The first-order valence-electron chi connectivity index (χ1n) is 5.85. The summed E-state index contributed by atoms with van der Waals surface area (Å²) in [4.78, 5) is 0. The number of halogens is 1. The van der Waals surface area contributed by atoms with Crippen LogP contribution in [0.4, 0.5) is 4.39 Å². The number of nitrogens with one attached hydrogen (secondary N) is 1. The number of benzene rings is 1. The average molecular weight is 231 g/mol. The van der Waals surface area contributed by atoms with Crippen LogP contribution in [0.3, 0.4) is 0 Å². The molecule has 1 aliphatic rings. The molecular formula is C13H14FN3. The van der Waals surface area contributed by atoms with Crippen molar-refractivity contribution in [1.82, 2.24) is 15.1 Å². The zero-order valence-electron chi connectivity index (χ0n) is 9.44. The molecule has 0 saturated carbocycles. The van der Waals surface area contributed by atoms with Crippen LogP contribution in [0.2, 0.25) is 0 Å². The van der Waals surface area contributed by atoms with Gasteiger partial charge in [-0.05, 0) is 42.6 Å². The summed E-state index contributed by atoms with van der Waals surface area (Å²) in [7, 11) is 0. The van der Waals surface area contributed by atoms with E-state index in [2.05, 4.69) is 10.4 Å². The monoisotopic (exact) mass is 231 g/mol. The molecule has 0 spiro atoms. The second-order valence-electron chi connectivity index (χ2n) is 4.35. The van der Waals surface area contributed by atoms with E-state index in [1.807, 2.05) is 6.07 Å². The summed E-state index contributed by atoms with van der Waals surface area (Å²) in [5, 5.41) is 7.33. The Bertz CT molecular complexity index is 501. The van der Waals surface area contributed by atoms with Crippen LogP contribution < -0.4 is 5.32 Å². The lowest BCUT2D eigenvalue weighted by molar-refractivity contribution is 0.605. The number of nitrogens with zero attached hydrogens (tertiary/aromatic N) is 2. The van der Waals surface area contributed by atoms with Crippen LogP contribution in [0.25, 0.3) is 5.69 Å². The van der Waals surface area contributed by atoms with E-state index >= 15 is 0 Å². The quantitative estimate of drug-likeness (QED) is 0.857. The first-order valence-corrected chi connectivity index (χ1v) is 5.85. The Morgan fingerprint density at radius 2 is 2.35 bits per heavy atom.